The van der Waals surface area contributed by atoms with Crippen LogP contribution >= 0.6 is 15.9 Å². The summed E-state index contributed by atoms with van der Waals surface area (Å²) in [6, 6.07) is 5.03. The Labute approximate surface area is 120 Å². The Morgan fingerprint density at radius 2 is 2.11 bits per heavy atom. The molecule has 0 aromatic heterocycles. The van der Waals surface area contributed by atoms with Crippen molar-refractivity contribution >= 4 is 33.5 Å². The van der Waals surface area contributed by atoms with Gasteiger partial charge in [-0.1, -0.05) is 22.0 Å². The van der Waals surface area contributed by atoms with Crippen molar-refractivity contribution in [3.05, 3.63) is 28.2 Å². The lowest BCUT2D eigenvalue weighted by molar-refractivity contribution is -0.144. The van der Waals surface area contributed by atoms with Crippen LogP contribution in [0, 0.1) is 6.92 Å². The van der Waals surface area contributed by atoms with Gasteiger partial charge in [-0.15, -0.1) is 0 Å². The summed E-state index contributed by atoms with van der Waals surface area (Å²) in [7, 11) is 1.29. The molecular formula is C13H17BrN2O3. The zero-order chi connectivity index (χ0) is 14.4. The molecule has 1 aromatic rings. The fraction of sp³-hybridized carbons (Fsp3) is 0.385. The minimum absolute atomic E-state index is 0.267. The van der Waals surface area contributed by atoms with Gasteiger partial charge in [-0.3, -0.25) is 4.79 Å². The van der Waals surface area contributed by atoms with Crippen molar-refractivity contribution in [1.82, 2.24) is 5.32 Å². The Morgan fingerprint density at radius 1 is 1.42 bits per heavy atom. The second kappa shape index (κ2) is 7.13. The summed E-state index contributed by atoms with van der Waals surface area (Å²) in [4.78, 5) is 22.6. The molecule has 0 bridgehead atoms. The molecule has 0 aliphatic rings. The lowest BCUT2D eigenvalue weighted by Gasteiger charge is -2.18. The van der Waals surface area contributed by atoms with Crippen LogP contribution < -0.4 is 10.6 Å². The molecule has 19 heavy (non-hydrogen) atoms. The molecule has 0 heterocycles. The van der Waals surface area contributed by atoms with Crippen LogP contribution in [0.25, 0.3) is 0 Å². The van der Waals surface area contributed by atoms with Gasteiger partial charge in [0.05, 0.1) is 7.11 Å². The van der Waals surface area contributed by atoms with Crippen LogP contribution in [-0.4, -0.2) is 31.6 Å². The maximum Gasteiger partial charge on any atom is 0.330 e. The van der Waals surface area contributed by atoms with Crippen LogP contribution in [0.5, 0.6) is 0 Å². The third-order valence-electron chi connectivity index (χ3n) is 2.63. The summed E-state index contributed by atoms with van der Waals surface area (Å²) < 4.78 is 5.63. The van der Waals surface area contributed by atoms with E-state index < -0.39 is 12.0 Å². The standard InChI is InChI=1S/C13H17BrN2O3/c1-8-10(14)5-4-6-11(8)15-7-12(13(18)19-3)16-9(2)17/h4-6,12,15H,7H2,1-3H3,(H,16,17). The van der Waals surface area contributed by atoms with Gasteiger partial charge in [0.1, 0.15) is 6.04 Å². The Kier molecular flexibility index (Phi) is 5.82. The number of nitrogens with one attached hydrogen (secondary N) is 2. The Bertz CT molecular complexity index is 477. The molecule has 1 rings (SSSR count). The summed E-state index contributed by atoms with van der Waals surface area (Å²) in [5.41, 5.74) is 1.93. The van der Waals surface area contributed by atoms with Crippen LogP contribution in [0.15, 0.2) is 22.7 Å². The number of esters is 1. The van der Waals surface area contributed by atoms with E-state index in [1.165, 1.54) is 14.0 Å². The van der Waals surface area contributed by atoms with Crippen molar-refractivity contribution in [3.63, 3.8) is 0 Å². The maximum absolute atomic E-state index is 11.5. The average molecular weight is 329 g/mol. The first-order chi connectivity index (χ1) is 8.95. The molecule has 0 fully saturated rings. The number of hydrogen-bond acceptors (Lipinski definition) is 4. The molecule has 1 unspecified atom stereocenters. The van der Waals surface area contributed by atoms with Crippen LogP contribution in [0.1, 0.15) is 12.5 Å². The van der Waals surface area contributed by atoms with Crippen LogP contribution in [-0.2, 0) is 14.3 Å². The SMILES string of the molecule is COC(=O)C(CNc1cccc(Br)c1C)NC(C)=O. The summed E-state index contributed by atoms with van der Waals surface area (Å²) in [6.07, 6.45) is 0. The van der Waals surface area contributed by atoms with E-state index in [-0.39, 0.29) is 12.5 Å². The second-order valence-corrected chi connectivity index (χ2v) is 4.92. The smallest absolute Gasteiger partial charge is 0.330 e. The Hall–Kier alpha value is -1.56. The number of halogens is 1. The molecule has 0 aliphatic carbocycles. The van der Waals surface area contributed by atoms with Gasteiger partial charge in [0.2, 0.25) is 5.91 Å². The normalized spacial score (nSPS) is 11.6. The van der Waals surface area contributed by atoms with Gasteiger partial charge in [0.15, 0.2) is 0 Å². The molecule has 0 saturated heterocycles. The number of methoxy groups -OCH3 is 1. The third-order valence-corrected chi connectivity index (χ3v) is 3.49. The largest absolute Gasteiger partial charge is 0.467 e. The predicted octanol–water partition coefficient (Wildman–Crippen LogP) is 1.85. The third kappa shape index (κ3) is 4.55. The molecule has 0 aliphatic heterocycles. The van der Waals surface area contributed by atoms with Gasteiger partial charge >= 0.3 is 5.97 Å². The first-order valence-electron chi connectivity index (χ1n) is 5.79. The molecule has 2 N–H and O–H groups in total. The highest BCUT2D eigenvalue weighted by atomic mass is 79.9. The van der Waals surface area contributed by atoms with Gasteiger partial charge in [0.25, 0.3) is 0 Å². The van der Waals surface area contributed by atoms with Crippen molar-refractivity contribution in [1.29, 1.82) is 0 Å². The summed E-state index contributed by atoms with van der Waals surface area (Å²) >= 11 is 3.43. The molecule has 104 valence electrons. The number of carbonyl (C=O) groups is 2. The van der Waals surface area contributed by atoms with Crippen LogP contribution in [0.4, 0.5) is 5.69 Å². The van der Waals surface area contributed by atoms with Crippen molar-refractivity contribution in [3.8, 4) is 0 Å². The van der Waals surface area contributed by atoms with E-state index in [0.717, 1.165) is 15.7 Å². The molecule has 6 heteroatoms. The molecule has 5 nitrogen and oxygen atoms in total. The van der Waals surface area contributed by atoms with Crippen LogP contribution in [0.3, 0.4) is 0 Å². The fourth-order valence-corrected chi connectivity index (χ4v) is 1.96. The molecule has 0 saturated carbocycles. The summed E-state index contributed by atoms with van der Waals surface area (Å²) in [5, 5.41) is 5.68. The number of hydrogen-bond donors (Lipinski definition) is 2. The van der Waals surface area contributed by atoms with Crippen molar-refractivity contribution in [2.45, 2.75) is 19.9 Å². The lowest BCUT2D eigenvalue weighted by Crippen LogP contribution is -2.45. The minimum Gasteiger partial charge on any atom is -0.467 e. The maximum atomic E-state index is 11.5. The highest BCUT2D eigenvalue weighted by molar-refractivity contribution is 9.10. The van der Waals surface area contributed by atoms with Crippen LogP contribution in [0.2, 0.25) is 0 Å². The van der Waals surface area contributed by atoms with Crippen molar-refractivity contribution in [2.75, 3.05) is 19.0 Å². The average Bonchev–Trinajstić information content (AvgIpc) is 2.37. The quantitative estimate of drug-likeness (QED) is 0.809. The van der Waals surface area contributed by atoms with Gasteiger partial charge in [-0.05, 0) is 24.6 Å². The van der Waals surface area contributed by atoms with Crippen molar-refractivity contribution < 1.29 is 14.3 Å². The zero-order valence-electron chi connectivity index (χ0n) is 11.1. The van der Waals surface area contributed by atoms with E-state index in [4.69, 9.17) is 0 Å². The number of ether oxygens (including phenoxy) is 1. The molecule has 1 aromatic carbocycles. The topological polar surface area (TPSA) is 67.4 Å². The van der Waals surface area contributed by atoms with Crippen molar-refractivity contribution in [2.24, 2.45) is 0 Å². The highest BCUT2D eigenvalue weighted by Crippen LogP contribution is 2.23. The Morgan fingerprint density at radius 3 is 2.68 bits per heavy atom. The van der Waals surface area contributed by atoms with Gasteiger partial charge < -0.3 is 15.4 Å². The van der Waals surface area contributed by atoms with E-state index in [2.05, 4.69) is 31.3 Å². The summed E-state index contributed by atoms with van der Waals surface area (Å²) in [6.45, 7) is 3.59. The van der Waals surface area contributed by atoms with E-state index >= 15 is 0 Å². The monoisotopic (exact) mass is 328 g/mol. The predicted molar refractivity (Wildman–Crippen MR) is 77.0 cm³/mol. The van der Waals surface area contributed by atoms with Gasteiger partial charge in [0, 0.05) is 23.6 Å². The lowest BCUT2D eigenvalue weighted by atomic mass is 10.2. The molecule has 1 atom stereocenters. The second-order valence-electron chi connectivity index (χ2n) is 4.07. The first-order valence-corrected chi connectivity index (χ1v) is 6.59. The molecule has 0 spiro atoms. The zero-order valence-corrected chi connectivity index (χ0v) is 12.7. The van der Waals surface area contributed by atoms with E-state index in [1.54, 1.807) is 0 Å². The number of benzene rings is 1. The first kappa shape index (κ1) is 15.5. The van der Waals surface area contributed by atoms with Gasteiger partial charge in [-0.2, -0.15) is 0 Å². The van der Waals surface area contributed by atoms with E-state index in [0.29, 0.717) is 0 Å². The number of anilines is 1. The molecule has 0 radical (unpaired) electrons. The highest BCUT2D eigenvalue weighted by Gasteiger charge is 2.20. The number of rotatable bonds is 5. The van der Waals surface area contributed by atoms with E-state index in [1.807, 2.05) is 25.1 Å². The van der Waals surface area contributed by atoms with E-state index in [9.17, 15) is 9.59 Å². The molecule has 1 amide bonds. The number of carbonyl (C=O) groups excluding carboxylic acids is 2. The van der Waals surface area contributed by atoms with Gasteiger partial charge in [-0.25, -0.2) is 4.79 Å². The minimum atomic E-state index is -0.708. The summed E-state index contributed by atoms with van der Waals surface area (Å²) in [5.74, 6) is -0.751. The Balaban J connectivity index is 2.73. The molecular weight excluding hydrogens is 312 g/mol. The fourth-order valence-electron chi connectivity index (χ4n) is 1.59. The number of amides is 1.